The van der Waals surface area contributed by atoms with Crippen molar-refractivity contribution in [2.45, 2.75) is 13.5 Å². The van der Waals surface area contributed by atoms with E-state index in [1.807, 2.05) is 27.1 Å². The molecule has 4 heteroatoms. The van der Waals surface area contributed by atoms with Gasteiger partial charge >= 0.3 is 0 Å². The number of anilines is 1. The van der Waals surface area contributed by atoms with E-state index in [1.54, 1.807) is 29.4 Å². The van der Waals surface area contributed by atoms with Gasteiger partial charge in [0, 0.05) is 38.9 Å². The number of nitrogens with zero attached hydrogens (tertiary/aromatic N) is 2. The number of amides is 1. The van der Waals surface area contributed by atoms with Gasteiger partial charge in [0.15, 0.2) is 0 Å². The second-order valence-electron chi connectivity index (χ2n) is 5.26. The number of furan rings is 1. The van der Waals surface area contributed by atoms with Gasteiger partial charge in [0.25, 0.3) is 0 Å². The predicted molar refractivity (Wildman–Crippen MR) is 89.6 cm³/mol. The minimum atomic E-state index is -0.0180. The monoisotopic (exact) mass is 298 g/mol. The van der Waals surface area contributed by atoms with Gasteiger partial charge in [-0.25, -0.2) is 0 Å². The SMILES string of the molecule is CCN(Cc1ccc(N(C)C)cc1)C(=O)/C=C/c1ccco1. The zero-order valence-electron chi connectivity index (χ0n) is 13.3. The first kappa shape index (κ1) is 15.9. The quantitative estimate of drug-likeness (QED) is 0.767. The molecule has 0 aliphatic carbocycles. The zero-order valence-corrected chi connectivity index (χ0v) is 13.3. The number of carbonyl (C=O) groups is 1. The van der Waals surface area contributed by atoms with Crippen LogP contribution in [-0.2, 0) is 11.3 Å². The maximum atomic E-state index is 12.2. The van der Waals surface area contributed by atoms with E-state index >= 15 is 0 Å². The molecule has 0 atom stereocenters. The highest BCUT2D eigenvalue weighted by atomic mass is 16.3. The van der Waals surface area contributed by atoms with Crippen LogP contribution >= 0.6 is 0 Å². The lowest BCUT2D eigenvalue weighted by Crippen LogP contribution is -2.28. The number of carbonyl (C=O) groups excluding carboxylic acids is 1. The highest BCUT2D eigenvalue weighted by molar-refractivity contribution is 5.91. The minimum absolute atomic E-state index is 0.0180. The molecule has 1 aromatic heterocycles. The van der Waals surface area contributed by atoms with Crippen molar-refractivity contribution < 1.29 is 9.21 Å². The Kier molecular flexibility index (Phi) is 5.42. The summed E-state index contributed by atoms with van der Waals surface area (Å²) >= 11 is 0. The lowest BCUT2D eigenvalue weighted by Gasteiger charge is -2.20. The second kappa shape index (κ2) is 7.50. The molecular formula is C18H22N2O2. The Morgan fingerprint density at radius 3 is 2.45 bits per heavy atom. The van der Waals surface area contributed by atoms with Crippen LogP contribution in [-0.4, -0.2) is 31.4 Å². The van der Waals surface area contributed by atoms with Gasteiger partial charge in [0.05, 0.1) is 6.26 Å². The van der Waals surface area contributed by atoms with Gasteiger partial charge in [-0.3, -0.25) is 4.79 Å². The van der Waals surface area contributed by atoms with E-state index in [4.69, 9.17) is 4.42 Å². The molecule has 0 spiro atoms. The van der Waals surface area contributed by atoms with Gasteiger partial charge in [0.1, 0.15) is 5.76 Å². The first-order valence-electron chi connectivity index (χ1n) is 7.37. The van der Waals surface area contributed by atoms with Crippen molar-refractivity contribution in [2.75, 3.05) is 25.5 Å². The molecule has 4 nitrogen and oxygen atoms in total. The molecule has 22 heavy (non-hydrogen) atoms. The van der Waals surface area contributed by atoms with Crippen LogP contribution in [0.4, 0.5) is 5.69 Å². The van der Waals surface area contributed by atoms with Crippen LogP contribution in [0, 0.1) is 0 Å². The third kappa shape index (κ3) is 4.25. The van der Waals surface area contributed by atoms with Crippen molar-refractivity contribution in [2.24, 2.45) is 0 Å². The molecule has 2 rings (SSSR count). The van der Waals surface area contributed by atoms with Crippen molar-refractivity contribution in [1.29, 1.82) is 0 Å². The van der Waals surface area contributed by atoms with Crippen molar-refractivity contribution >= 4 is 17.7 Å². The number of likely N-dealkylation sites (N-methyl/N-ethyl adjacent to an activating group) is 1. The van der Waals surface area contributed by atoms with Crippen LogP contribution < -0.4 is 4.90 Å². The standard InChI is InChI=1S/C18H22N2O2/c1-4-20(18(21)12-11-17-6-5-13-22-17)14-15-7-9-16(10-8-15)19(2)3/h5-13H,4,14H2,1-3H3/b12-11+. The summed E-state index contributed by atoms with van der Waals surface area (Å²) < 4.78 is 5.19. The van der Waals surface area contributed by atoms with Gasteiger partial charge in [-0.2, -0.15) is 0 Å². The Morgan fingerprint density at radius 2 is 1.91 bits per heavy atom. The van der Waals surface area contributed by atoms with Crippen molar-refractivity contribution in [1.82, 2.24) is 4.90 Å². The summed E-state index contributed by atoms with van der Waals surface area (Å²) in [6.45, 7) is 3.25. The van der Waals surface area contributed by atoms with E-state index < -0.39 is 0 Å². The summed E-state index contributed by atoms with van der Waals surface area (Å²) in [5.41, 5.74) is 2.27. The van der Waals surface area contributed by atoms with Gasteiger partial charge in [-0.1, -0.05) is 12.1 Å². The molecule has 1 amide bonds. The largest absolute Gasteiger partial charge is 0.465 e. The Labute approximate surface area is 131 Å². The van der Waals surface area contributed by atoms with Crippen molar-refractivity contribution in [3.8, 4) is 0 Å². The van der Waals surface area contributed by atoms with E-state index in [-0.39, 0.29) is 5.91 Å². The average molecular weight is 298 g/mol. The van der Waals surface area contributed by atoms with Gasteiger partial charge < -0.3 is 14.2 Å². The van der Waals surface area contributed by atoms with E-state index in [9.17, 15) is 4.79 Å². The van der Waals surface area contributed by atoms with E-state index in [0.29, 0.717) is 18.8 Å². The molecule has 0 aliphatic heterocycles. The van der Waals surface area contributed by atoms with Crippen LogP contribution in [0.15, 0.2) is 53.2 Å². The zero-order chi connectivity index (χ0) is 15.9. The predicted octanol–water partition coefficient (Wildman–Crippen LogP) is 3.41. The second-order valence-corrected chi connectivity index (χ2v) is 5.26. The highest BCUT2D eigenvalue weighted by Gasteiger charge is 2.09. The topological polar surface area (TPSA) is 36.7 Å². The first-order chi connectivity index (χ1) is 10.6. The normalized spacial score (nSPS) is 10.9. The van der Waals surface area contributed by atoms with Gasteiger partial charge in [-0.15, -0.1) is 0 Å². The lowest BCUT2D eigenvalue weighted by atomic mass is 10.2. The van der Waals surface area contributed by atoms with Crippen LogP contribution in [0.1, 0.15) is 18.2 Å². The molecule has 0 fully saturated rings. The Bertz CT molecular complexity index is 613. The third-order valence-electron chi connectivity index (χ3n) is 3.45. The van der Waals surface area contributed by atoms with Crippen molar-refractivity contribution in [3.05, 3.63) is 60.1 Å². The molecule has 2 aromatic rings. The minimum Gasteiger partial charge on any atom is -0.465 e. The molecule has 1 heterocycles. The summed E-state index contributed by atoms with van der Waals surface area (Å²) in [4.78, 5) is 16.1. The number of benzene rings is 1. The fourth-order valence-electron chi connectivity index (χ4n) is 2.11. The summed E-state index contributed by atoms with van der Waals surface area (Å²) in [5, 5.41) is 0. The number of hydrogen-bond donors (Lipinski definition) is 0. The molecule has 0 radical (unpaired) electrons. The molecule has 0 unspecified atom stereocenters. The first-order valence-corrected chi connectivity index (χ1v) is 7.37. The van der Waals surface area contributed by atoms with Gasteiger partial charge in [0.2, 0.25) is 5.91 Å². The van der Waals surface area contributed by atoms with E-state index in [2.05, 4.69) is 29.2 Å². The summed E-state index contributed by atoms with van der Waals surface area (Å²) in [5.74, 6) is 0.662. The lowest BCUT2D eigenvalue weighted by molar-refractivity contribution is -0.126. The fraction of sp³-hybridized carbons (Fsp3) is 0.278. The molecule has 0 bridgehead atoms. The molecule has 116 valence electrons. The van der Waals surface area contributed by atoms with Crippen LogP contribution in [0.3, 0.4) is 0 Å². The van der Waals surface area contributed by atoms with Crippen LogP contribution in [0.2, 0.25) is 0 Å². The molecule has 0 N–H and O–H groups in total. The number of hydrogen-bond acceptors (Lipinski definition) is 3. The van der Waals surface area contributed by atoms with E-state index in [0.717, 1.165) is 11.3 Å². The fourth-order valence-corrected chi connectivity index (χ4v) is 2.11. The smallest absolute Gasteiger partial charge is 0.246 e. The van der Waals surface area contributed by atoms with E-state index in [1.165, 1.54) is 0 Å². The summed E-state index contributed by atoms with van der Waals surface area (Å²) in [6.07, 6.45) is 4.84. The third-order valence-corrected chi connectivity index (χ3v) is 3.45. The Morgan fingerprint density at radius 1 is 1.18 bits per heavy atom. The summed E-state index contributed by atoms with van der Waals surface area (Å²) in [7, 11) is 4.02. The summed E-state index contributed by atoms with van der Waals surface area (Å²) in [6, 6.07) is 11.9. The molecule has 0 saturated carbocycles. The Balaban J connectivity index is 2.00. The number of rotatable bonds is 6. The average Bonchev–Trinajstić information content (AvgIpc) is 3.04. The van der Waals surface area contributed by atoms with Crippen LogP contribution in [0.25, 0.3) is 6.08 Å². The maximum absolute atomic E-state index is 12.2. The molecule has 0 aliphatic rings. The van der Waals surface area contributed by atoms with Crippen LogP contribution in [0.5, 0.6) is 0 Å². The van der Waals surface area contributed by atoms with Crippen molar-refractivity contribution in [3.63, 3.8) is 0 Å². The molecule has 0 saturated heterocycles. The molecular weight excluding hydrogens is 276 g/mol. The Hall–Kier alpha value is -2.49. The molecule has 1 aromatic carbocycles. The maximum Gasteiger partial charge on any atom is 0.246 e. The highest BCUT2D eigenvalue weighted by Crippen LogP contribution is 2.14. The van der Waals surface area contributed by atoms with Gasteiger partial charge in [-0.05, 0) is 42.8 Å².